The average molecular weight is 1100 g/mol. The van der Waals surface area contributed by atoms with Gasteiger partial charge in [0.05, 0.1) is 28.8 Å². The second kappa shape index (κ2) is 28.9. The van der Waals surface area contributed by atoms with Crippen LogP contribution in [0.25, 0.3) is 0 Å². The van der Waals surface area contributed by atoms with Gasteiger partial charge in [0, 0.05) is 85.9 Å². The van der Waals surface area contributed by atoms with Crippen molar-refractivity contribution in [1.82, 2.24) is 0 Å². The molecular weight excluding hydrogens is 1020 g/mol. The zero-order chi connectivity index (χ0) is 58.5. The molecule has 8 rings (SSSR count). The first-order valence-electron chi connectivity index (χ1n) is 24.5. The van der Waals surface area contributed by atoms with E-state index in [1.807, 2.05) is 48.5 Å². The lowest BCUT2D eigenvalue weighted by Crippen LogP contribution is -2.47. The molecule has 7 aliphatic heterocycles. The number of nitro groups is 1. The molecule has 1 aromatic carbocycles. The van der Waals surface area contributed by atoms with Crippen molar-refractivity contribution >= 4 is 65.9 Å². The van der Waals surface area contributed by atoms with Crippen LogP contribution in [0.4, 0.5) is 5.69 Å². The Balaban J connectivity index is 0.000000522. The summed E-state index contributed by atoms with van der Waals surface area (Å²) in [4.78, 5) is 22.6. The molecule has 7 saturated heterocycles. The summed E-state index contributed by atoms with van der Waals surface area (Å²) < 4.78 is 78.8. The van der Waals surface area contributed by atoms with Gasteiger partial charge in [0.25, 0.3) is 5.69 Å². The van der Waals surface area contributed by atoms with Crippen molar-refractivity contribution in [2.45, 2.75) is 242 Å². The fourth-order valence-corrected chi connectivity index (χ4v) is 10.1. The van der Waals surface area contributed by atoms with E-state index >= 15 is 0 Å². The standard InChI is InChI=1S/C18H23NO8.2C11H20O5.C7H13BO4.CH4.B3.B2.B/c1-10(24-15(20)11-6-8-12(9-7-11)19(21)22)13-14-18(4,16(23-5)25-13)27-17(2,3)26-14;2*1-6(12)7-8-11(4,9(13-5)14-7)16-10(2,3)15-8;1-3(9)4-5(10)7(2,11)6(8)12-4;;1-3-2;1-2;/h6-10,13-14,16H,1-5H3;2*6-9,12H,1-5H3;3-6,9-11H,1-2H3;1H4;;;/t10-,13+,14+,16?,18+;6-,7+,8+,9?,11+;6-,7-,8-,9?,11-;3-,4+,5+,6+,7+;;;;/m0010..../s1. The van der Waals surface area contributed by atoms with Crippen LogP contribution >= 0.6 is 0 Å². The molecule has 30 heteroatoms. The zero-order valence-corrected chi connectivity index (χ0v) is 47.2. The van der Waals surface area contributed by atoms with Crippen molar-refractivity contribution in [1.29, 1.82) is 0 Å². The number of aliphatic hydroxyl groups is 5. The smallest absolute Gasteiger partial charge is 0.338 e. The number of non-ortho nitro benzene ring substituents is 1. The number of aliphatic hydroxyl groups excluding tert-OH is 4. The number of benzene rings is 1. The van der Waals surface area contributed by atoms with Gasteiger partial charge in [0.2, 0.25) is 0 Å². The Hall–Kier alpha value is -2.18. The predicted molar refractivity (Wildman–Crippen MR) is 288 cm³/mol. The highest BCUT2D eigenvalue weighted by Crippen LogP contribution is 2.50. The van der Waals surface area contributed by atoms with Crippen molar-refractivity contribution in [2.75, 3.05) is 21.3 Å². The number of nitrogens with zero attached hydrogens (tertiary/aromatic N) is 1. The third kappa shape index (κ3) is 16.3. The van der Waals surface area contributed by atoms with Crippen LogP contribution in [0.5, 0.6) is 0 Å². The molecule has 20 atom stereocenters. The predicted octanol–water partition coefficient (Wildman–Crippen LogP) is 0.443. The monoisotopic (exact) mass is 1100 g/mol. The molecule has 0 saturated carbocycles. The number of hydrogen-bond acceptors (Lipinski definition) is 22. The Morgan fingerprint density at radius 3 is 1.21 bits per heavy atom. The number of fused-ring (bicyclic) bond motifs is 3. The Morgan fingerprint density at radius 2 is 0.949 bits per heavy atom. The summed E-state index contributed by atoms with van der Waals surface area (Å²) in [6.45, 7) is 24.5. The first-order chi connectivity index (χ1) is 35.0. The van der Waals surface area contributed by atoms with Crippen LogP contribution in [-0.2, 0) is 66.3 Å². The minimum absolute atomic E-state index is 0. The zero-order valence-electron chi connectivity index (χ0n) is 47.2. The van der Waals surface area contributed by atoms with Gasteiger partial charge in [0.1, 0.15) is 85.2 Å². The molecule has 5 N–H and O–H groups in total. The fourth-order valence-electron chi connectivity index (χ4n) is 10.1. The summed E-state index contributed by atoms with van der Waals surface area (Å²) in [6.07, 6.45) is -8.96. The van der Waals surface area contributed by atoms with Gasteiger partial charge in [-0.05, 0) is 109 Å². The maximum Gasteiger partial charge on any atom is 0.338 e. The number of rotatable bonds is 10. The normalized spacial score (nSPS) is 39.1. The van der Waals surface area contributed by atoms with Crippen LogP contribution in [0, 0.1) is 10.1 Å². The Bertz CT molecular complexity index is 1960. The van der Waals surface area contributed by atoms with Crippen molar-refractivity contribution in [3.8, 4) is 0 Å². The van der Waals surface area contributed by atoms with Crippen molar-refractivity contribution < 1.29 is 102 Å². The second-order valence-electron chi connectivity index (χ2n) is 21.2. The van der Waals surface area contributed by atoms with Gasteiger partial charge in [0.15, 0.2) is 36.2 Å². The van der Waals surface area contributed by atoms with Gasteiger partial charge < -0.3 is 91.8 Å². The van der Waals surface area contributed by atoms with E-state index in [2.05, 4.69) is 30.9 Å². The molecule has 7 aliphatic rings. The summed E-state index contributed by atoms with van der Waals surface area (Å²) in [5.74, 6) is -2.78. The van der Waals surface area contributed by atoms with E-state index in [0.29, 0.717) is 0 Å². The molecule has 3 unspecified atom stereocenters. The van der Waals surface area contributed by atoms with E-state index in [1.165, 1.54) is 45.2 Å². The molecule has 78 heavy (non-hydrogen) atoms. The molecular formula is C48H80B7NO22. The number of esters is 1. The van der Waals surface area contributed by atoms with Crippen LogP contribution in [0.1, 0.15) is 115 Å². The largest absolute Gasteiger partial charge is 0.456 e. The summed E-state index contributed by atoms with van der Waals surface area (Å²) in [5.41, 5.74) is -3.55. The second-order valence-corrected chi connectivity index (χ2v) is 21.2. The molecule has 1 aromatic rings. The minimum Gasteiger partial charge on any atom is -0.456 e. The van der Waals surface area contributed by atoms with E-state index in [-0.39, 0.29) is 39.3 Å². The van der Waals surface area contributed by atoms with Gasteiger partial charge in [-0.25, -0.2) is 4.79 Å². The van der Waals surface area contributed by atoms with E-state index < -0.39 is 137 Å². The van der Waals surface area contributed by atoms with Crippen LogP contribution in [-0.4, -0.2) is 250 Å². The SMILES string of the molecule is C.COC1O[C@H]([C@@H](C)O)[C@H]2OC(C)(C)O[C@@]12C.COC1O[C@H]([C@H](C)O)[C@H]2OC(C)(C)O[C@@]12C.COC1O[C@H]([C@H](C)OC(=O)c2ccc([N+](=O)[O-])cc2)[C@H]2OC(C)(C)O[C@@]12C.[B].[B][B].[B][B][B].[B][C@@H]1O[C@H]([C@H](C)O)[C@@H](O)[C@@]1(C)O. The number of methoxy groups -OCH3 is 3. The number of carbonyl (C=O) groups is 1. The van der Waals surface area contributed by atoms with E-state index in [4.69, 9.17) is 79.3 Å². The maximum atomic E-state index is 12.4. The van der Waals surface area contributed by atoms with Gasteiger partial charge in [-0.15, -0.1) is 0 Å². The molecule has 14 radical (unpaired) electrons. The Labute approximate surface area is 469 Å². The maximum absolute atomic E-state index is 12.4. The molecule has 0 aromatic heterocycles. The number of nitro benzene ring substituents is 1. The minimum atomic E-state index is -1.48. The van der Waals surface area contributed by atoms with Crippen LogP contribution in [0.2, 0.25) is 0 Å². The van der Waals surface area contributed by atoms with E-state index in [0.717, 1.165) is 7.06 Å². The van der Waals surface area contributed by atoms with Crippen LogP contribution in [0.15, 0.2) is 24.3 Å². The molecule has 23 nitrogen and oxygen atoms in total. The van der Waals surface area contributed by atoms with Gasteiger partial charge in [-0.2, -0.15) is 0 Å². The van der Waals surface area contributed by atoms with Crippen LogP contribution in [0.3, 0.4) is 0 Å². The van der Waals surface area contributed by atoms with Gasteiger partial charge in [-0.1, -0.05) is 7.43 Å². The number of carbonyl (C=O) groups excluding carboxylic acids is 1. The third-order valence-corrected chi connectivity index (χ3v) is 13.4. The first-order valence-corrected chi connectivity index (χ1v) is 24.5. The Morgan fingerprint density at radius 1 is 0.641 bits per heavy atom. The summed E-state index contributed by atoms with van der Waals surface area (Å²) in [7, 11) is 28.0. The molecule has 7 fully saturated rings. The van der Waals surface area contributed by atoms with Crippen molar-refractivity contribution in [2.24, 2.45) is 0 Å². The molecule has 0 amide bonds. The van der Waals surface area contributed by atoms with E-state index in [9.17, 15) is 35.3 Å². The summed E-state index contributed by atoms with van der Waals surface area (Å²) in [6, 6.07) is 4.25. The lowest BCUT2D eigenvalue weighted by Gasteiger charge is -2.28. The first kappa shape index (κ1) is 73.8. The lowest BCUT2D eigenvalue weighted by atomic mass is 9.40. The summed E-state index contributed by atoms with van der Waals surface area (Å²) in [5, 5.41) is 58.2. The highest BCUT2D eigenvalue weighted by Gasteiger charge is 2.67. The third-order valence-electron chi connectivity index (χ3n) is 13.4. The Kier molecular flexibility index (Phi) is 27.3. The quantitative estimate of drug-likeness (QED) is 0.0920. The molecule has 430 valence electrons. The van der Waals surface area contributed by atoms with Gasteiger partial charge in [-0.3, -0.25) is 10.1 Å². The lowest BCUT2D eigenvalue weighted by molar-refractivity contribution is -0.384. The highest BCUT2D eigenvalue weighted by atomic mass is 16.8. The average Bonchev–Trinajstić information content (AvgIpc) is 4.09. The topological polar surface area (TPSA) is 291 Å². The number of ether oxygens (including phenoxy) is 14. The molecule has 0 bridgehead atoms. The highest BCUT2D eigenvalue weighted by molar-refractivity contribution is 7.17. The fraction of sp³-hybridized carbons (Fsp3) is 0.854. The van der Waals surface area contributed by atoms with Crippen molar-refractivity contribution in [3.05, 3.63) is 39.9 Å². The molecule has 7 heterocycles. The molecule has 0 spiro atoms. The van der Waals surface area contributed by atoms with Crippen LogP contribution < -0.4 is 0 Å². The van der Waals surface area contributed by atoms with Crippen molar-refractivity contribution in [3.63, 3.8) is 0 Å². The van der Waals surface area contributed by atoms with Gasteiger partial charge >= 0.3 is 5.97 Å². The summed E-state index contributed by atoms with van der Waals surface area (Å²) >= 11 is 0. The molecule has 0 aliphatic carbocycles. The van der Waals surface area contributed by atoms with E-state index in [1.54, 1.807) is 48.8 Å². The number of hydrogen-bond donors (Lipinski definition) is 5.